The van der Waals surface area contributed by atoms with Crippen LogP contribution in [-0.4, -0.2) is 87.5 Å². The minimum Gasteiger partial charge on any atom is -0.394 e. The van der Waals surface area contributed by atoms with E-state index in [4.69, 9.17) is 9.47 Å². The van der Waals surface area contributed by atoms with Crippen LogP contribution in [0.4, 0.5) is 0 Å². The van der Waals surface area contributed by atoms with E-state index in [0.29, 0.717) is 6.42 Å². The van der Waals surface area contributed by atoms with Gasteiger partial charge >= 0.3 is 0 Å². The van der Waals surface area contributed by atoms with Gasteiger partial charge < -0.3 is 40.3 Å². The Bertz CT molecular complexity index is 1110. The Kier molecular flexibility index (Phi) is 49.2. The molecule has 0 saturated carbocycles. The van der Waals surface area contributed by atoms with Crippen molar-refractivity contribution in [1.82, 2.24) is 5.32 Å². The summed E-state index contributed by atoms with van der Waals surface area (Å²) in [6.45, 7) is 3.83. The minimum atomic E-state index is -1.56. The summed E-state index contributed by atoms with van der Waals surface area (Å²) < 4.78 is 11.3. The van der Waals surface area contributed by atoms with E-state index >= 15 is 0 Å². The van der Waals surface area contributed by atoms with Crippen molar-refractivity contribution < 1.29 is 39.8 Å². The number of unbranched alkanes of at least 4 members (excludes halogenated alkanes) is 44. The molecule has 1 saturated heterocycles. The number of aliphatic hydroxyl groups excluding tert-OH is 5. The van der Waals surface area contributed by atoms with Gasteiger partial charge in [0.25, 0.3) is 0 Å². The molecular formula is C61H119NO8. The smallest absolute Gasteiger partial charge is 0.220 e. The molecular weight excluding hydrogens is 875 g/mol. The maximum Gasteiger partial charge on any atom is 0.220 e. The van der Waals surface area contributed by atoms with Crippen LogP contribution in [0.1, 0.15) is 316 Å². The molecule has 7 unspecified atom stereocenters. The van der Waals surface area contributed by atoms with Crippen molar-refractivity contribution >= 4 is 5.91 Å². The Hall–Kier alpha value is -1.07. The van der Waals surface area contributed by atoms with Crippen LogP contribution in [0, 0.1) is 0 Å². The van der Waals surface area contributed by atoms with Gasteiger partial charge in [0.05, 0.1) is 25.4 Å². The highest BCUT2D eigenvalue weighted by Gasteiger charge is 2.44. The van der Waals surface area contributed by atoms with E-state index in [9.17, 15) is 30.3 Å². The molecule has 70 heavy (non-hydrogen) atoms. The number of allylic oxidation sites excluding steroid dienone is 1. The van der Waals surface area contributed by atoms with Gasteiger partial charge in [0.15, 0.2) is 6.29 Å². The lowest BCUT2D eigenvalue weighted by molar-refractivity contribution is -0.302. The van der Waals surface area contributed by atoms with E-state index < -0.39 is 49.5 Å². The zero-order valence-electron chi connectivity index (χ0n) is 46.3. The molecule has 1 rings (SSSR count). The number of aliphatic hydroxyl groups is 5. The van der Waals surface area contributed by atoms with Gasteiger partial charge in [-0.25, -0.2) is 0 Å². The van der Waals surface area contributed by atoms with Gasteiger partial charge in [-0.05, 0) is 19.3 Å². The molecule has 1 aliphatic rings. The Morgan fingerprint density at radius 2 is 0.786 bits per heavy atom. The lowest BCUT2D eigenvalue weighted by Gasteiger charge is -2.40. The van der Waals surface area contributed by atoms with Crippen LogP contribution in [0.15, 0.2) is 12.2 Å². The van der Waals surface area contributed by atoms with E-state index in [1.54, 1.807) is 6.08 Å². The van der Waals surface area contributed by atoms with Crippen molar-refractivity contribution in [3.05, 3.63) is 12.2 Å². The molecule has 1 heterocycles. The number of nitrogens with one attached hydrogen (secondary N) is 1. The minimum absolute atomic E-state index is 0.169. The molecule has 7 atom stereocenters. The van der Waals surface area contributed by atoms with Gasteiger partial charge in [0.1, 0.15) is 24.4 Å². The third-order valence-electron chi connectivity index (χ3n) is 15.1. The molecule has 1 aliphatic heterocycles. The van der Waals surface area contributed by atoms with Gasteiger partial charge in [0, 0.05) is 6.42 Å². The molecule has 416 valence electrons. The standard InChI is InChI=1S/C61H119NO8/c1-3-5-7-9-11-13-15-17-19-21-23-25-26-27-28-29-31-33-35-37-39-41-43-45-47-49-51-57(65)62-54(53-69-61-60(68)59(67)58(66)56(52-63)70-61)55(64)50-48-46-44-42-40-38-36-34-32-30-24-22-20-18-16-14-12-10-8-6-4-2/h48,50,54-56,58-61,63-64,66-68H,3-47,49,51-53H2,1-2H3,(H,62,65)/b50-48+. The quantitative estimate of drug-likeness (QED) is 0.0261. The summed E-state index contributed by atoms with van der Waals surface area (Å²) in [5.41, 5.74) is 0. The molecule has 9 nitrogen and oxygen atoms in total. The van der Waals surface area contributed by atoms with E-state index in [2.05, 4.69) is 19.2 Å². The predicted octanol–water partition coefficient (Wildman–Crippen LogP) is 15.6. The van der Waals surface area contributed by atoms with Crippen molar-refractivity contribution in [2.75, 3.05) is 13.2 Å². The first-order valence-corrected chi connectivity index (χ1v) is 30.9. The molecule has 6 N–H and O–H groups in total. The van der Waals surface area contributed by atoms with Gasteiger partial charge in [-0.1, -0.05) is 302 Å². The highest BCUT2D eigenvalue weighted by molar-refractivity contribution is 5.76. The molecule has 0 radical (unpaired) electrons. The van der Waals surface area contributed by atoms with Gasteiger partial charge in [-0.15, -0.1) is 0 Å². The van der Waals surface area contributed by atoms with E-state index in [-0.39, 0.29) is 12.5 Å². The van der Waals surface area contributed by atoms with E-state index in [1.807, 2.05) is 6.08 Å². The monoisotopic (exact) mass is 994 g/mol. The van der Waals surface area contributed by atoms with Crippen LogP contribution < -0.4 is 5.32 Å². The first-order valence-electron chi connectivity index (χ1n) is 30.9. The lowest BCUT2D eigenvalue weighted by Crippen LogP contribution is -2.60. The van der Waals surface area contributed by atoms with Crippen molar-refractivity contribution in [3.8, 4) is 0 Å². The fraction of sp³-hybridized carbons (Fsp3) is 0.951. The Morgan fingerprint density at radius 3 is 1.11 bits per heavy atom. The summed E-state index contributed by atoms with van der Waals surface area (Å²) in [5.74, 6) is -0.169. The van der Waals surface area contributed by atoms with Crippen LogP contribution >= 0.6 is 0 Å². The number of hydrogen-bond donors (Lipinski definition) is 6. The normalized spacial score (nSPS) is 19.3. The molecule has 1 fully saturated rings. The zero-order valence-corrected chi connectivity index (χ0v) is 46.3. The fourth-order valence-corrected chi connectivity index (χ4v) is 10.2. The molecule has 0 aromatic heterocycles. The third kappa shape index (κ3) is 40.3. The van der Waals surface area contributed by atoms with E-state index in [1.165, 1.54) is 257 Å². The summed E-state index contributed by atoms with van der Waals surface area (Å²) in [7, 11) is 0. The predicted molar refractivity (Wildman–Crippen MR) is 295 cm³/mol. The Balaban J connectivity index is 2.18. The maximum absolute atomic E-state index is 13.1. The van der Waals surface area contributed by atoms with Gasteiger partial charge in [-0.3, -0.25) is 4.79 Å². The van der Waals surface area contributed by atoms with Crippen molar-refractivity contribution in [2.24, 2.45) is 0 Å². The van der Waals surface area contributed by atoms with Crippen LogP contribution in [0.25, 0.3) is 0 Å². The second kappa shape index (κ2) is 51.4. The number of carbonyl (C=O) groups is 1. The molecule has 0 aromatic carbocycles. The van der Waals surface area contributed by atoms with Gasteiger partial charge in [0.2, 0.25) is 5.91 Å². The Morgan fingerprint density at radius 1 is 0.471 bits per heavy atom. The number of carbonyl (C=O) groups excluding carboxylic acids is 1. The van der Waals surface area contributed by atoms with Gasteiger partial charge in [-0.2, -0.15) is 0 Å². The molecule has 0 aliphatic carbocycles. The highest BCUT2D eigenvalue weighted by atomic mass is 16.7. The SMILES string of the molecule is CCCCCCCCCCCCCCCCCCCCC/C=C/C(O)C(COC1OC(CO)C(O)C(O)C1O)NC(=O)CCCCCCCCCCCCCCCCCCCCCCCCCCCC. The zero-order chi connectivity index (χ0) is 50.8. The van der Waals surface area contributed by atoms with Crippen LogP contribution in [-0.2, 0) is 14.3 Å². The number of hydrogen-bond acceptors (Lipinski definition) is 8. The highest BCUT2D eigenvalue weighted by Crippen LogP contribution is 2.23. The first kappa shape index (κ1) is 66.9. The molecule has 9 heteroatoms. The summed E-state index contributed by atoms with van der Waals surface area (Å²) in [4.78, 5) is 13.1. The molecule has 0 aromatic rings. The average molecular weight is 995 g/mol. The second-order valence-corrected chi connectivity index (χ2v) is 21.9. The fourth-order valence-electron chi connectivity index (χ4n) is 10.2. The first-order chi connectivity index (χ1) is 34.3. The summed E-state index contributed by atoms with van der Waals surface area (Å²) in [5, 5.41) is 54.6. The molecule has 0 spiro atoms. The largest absolute Gasteiger partial charge is 0.394 e. The number of ether oxygens (including phenoxy) is 2. The summed E-state index contributed by atoms with van der Waals surface area (Å²) in [6, 6.07) is -0.801. The number of amides is 1. The van der Waals surface area contributed by atoms with Crippen LogP contribution in [0.2, 0.25) is 0 Å². The average Bonchev–Trinajstić information content (AvgIpc) is 3.36. The maximum atomic E-state index is 13.1. The van der Waals surface area contributed by atoms with Crippen LogP contribution in [0.5, 0.6) is 0 Å². The summed E-state index contributed by atoms with van der Waals surface area (Å²) >= 11 is 0. The topological polar surface area (TPSA) is 149 Å². The van der Waals surface area contributed by atoms with Crippen LogP contribution in [0.3, 0.4) is 0 Å². The summed E-state index contributed by atoms with van der Waals surface area (Å²) in [6.07, 6.45) is 57.2. The van der Waals surface area contributed by atoms with Crippen molar-refractivity contribution in [1.29, 1.82) is 0 Å². The molecule has 0 bridgehead atoms. The van der Waals surface area contributed by atoms with Crippen molar-refractivity contribution in [3.63, 3.8) is 0 Å². The Labute approximate surface area is 433 Å². The van der Waals surface area contributed by atoms with Crippen molar-refractivity contribution in [2.45, 2.75) is 358 Å². The number of rotatable bonds is 54. The van der Waals surface area contributed by atoms with E-state index in [0.717, 1.165) is 38.5 Å². The molecule has 1 amide bonds. The third-order valence-corrected chi connectivity index (χ3v) is 15.1. The lowest BCUT2D eigenvalue weighted by atomic mass is 9.99. The second-order valence-electron chi connectivity index (χ2n) is 21.9.